The molecule has 15 heavy (non-hydrogen) atoms. The molecule has 0 aromatic heterocycles. The van der Waals surface area contributed by atoms with E-state index >= 15 is 0 Å². The molecule has 0 heterocycles. The lowest BCUT2D eigenvalue weighted by Crippen LogP contribution is -2.04. The van der Waals surface area contributed by atoms with E-state index in [0.29, 0.717) is 23.4 Å². The average Bonchev–Trinajstić information content (AvgIpc) is 2.14. The number of rotatable bonds is 4. The van der Waals surface area contributed by atoms with Crippen LogP contribution in [0.1, 0.15) is 12.0 Å². The summed E-state index contributed by atoms with van der Waals surface area (Å²) in [5.74, 6) is 0. The van der Waals surface area contributed by atoms with E-state index in [2.05, 4.69) is 0 Å². The summed E-state index contributed by atoms with van der Waals surface area (Å²) < 4.78 is 22.9. The van der Waals surface area contributed by atoms with E-state index in [1.807, 2.05) is 0 Å². The Labute approximate surface area is 94.6 Å². The van der Waals surface area contributed by atoms with Gasteiger partial charge in [-0.25, -0.2) is 8.42 Å². The van der Waals surface area contributed by atoms with Crippen LogP contribution >= 0.6 is 11.6 Å². The van der Waals surface area contributed by atoms with Gasteiger partial charge in [0.05, 0.1) is 4.90 Å². The van der Waals surface area contributed by atoms with Crippen molar-refractivity contribution in [3.05, 3.63) is 28.8 Å². The summed E-state index contributed by atoms with van der Waals surface area (Å²) in [4.78, 5) is 0.253. The van der Waals surface area contributed by atoms with Gasteiger partial charge >= 0.3 is 0 Å². The number of hydrogen-bond acceptors (Lipinski definition) is 3. The first-order chi connectivity index (χ1) is 6.96. The van der Waals surface area contributed by atoms with Gasteiger partial charge in [-0.05, 0) is 30.5 Å². The van der Waals surface area contributed by atoms with Gasteiger partial charge in [0.1, 0.15) is 0 Å². The van der Waals surface area contributed by atoms with Crippen molar-refractivity contribution >= 4 is 21.4 Å². The second-order valence-electron chi connectivity index (χ2n) is 3.32. The van der Waals surface area contributed by atoms with E-state index in [1.54, 1.807) is 12.1 Å². The summed E-state index contributed by atoms with van der Waals surface area (Å²) in [5.41, 5.74) is 0.593. The van der Waals surface area contributed by atoms with Crippen LogP contribution in [0.3, 0.4) is 0 Å². The Morgan fingerprint density at radius 3 is 2.60 bits per heavy atom. The summed E-state index contributed by atoms with van der Waals surface area (Å²) in [6.45, 7) is 0.0222. The van der Waals surface area contributed by atoms with Crippen LogP contribution in [0.5, 0.6) is 0 Å². The fraction of sp³-hybridized carbons (Fsp3) is 0.400. The van der Waals surface area contributed by atoms with Crippen molar-refractivity contribution in [1.82, 2.24) is 0 Å². The Kier molecular flexibility index (Phi) is 4.13. The van der Waals surface area contributed by atoms with Crippen LogP contribution in [0.4, 0.5) is 0 Å². The maximum atomic E-state index is 11.4. The topological polar surface area (TPSA) is 54.4 Å². The van der Waals surface area contributed by atoms with Crippen LogP contribution in [-0.2, 0) is 16.3 Å². The third kappa shape index (κ3) is 3.19. The third-order valence-corrected chi connectivity index (χ3v) is 3.60. The van der Waals surface area contributed by atoms with Crippen molar-refractivity contribution in [2.45, 2.75) is 17.7 Å². The monoisotopic (exact) mass is 248 g/mol. The zero-order valence-corrected chi connectivity index (χ0v) is 9.98. The Bertz CT molecular complexity index is 440. The molecule has 0 amide bonds. The quantitative estimate of drug-likeness (QED) is 0.882. The first kappa shape index (κ1) is 12.5. The van der Waals surface area contributed by atoms with E-state index in [1.165, 1.54) is 6.07 Å². The molecule has 0 fully saturated rings. The standard InChI is InChI=1S/C10H13ClO3S/c1-15(13,14)10-6-2-5-9(11)8(10)4-3-7-12/h2,5-6,12H,3-4,7H2,1H3. The number of aliphatic hydroxyl groups is 1. The molecule has 1 N–H and O–H groups in total. The molecule has 0 saturated heterocycles. The van der Waals surface area contributed by atoms with Gasteiger partial charge in [-0.1, -0.05) is 17.7 Å². The van der Waals surface area contributed by atoms with Gasteiger partial charge in [0.2, 0.25) is 0 Å². The van der Waals surface area contributed by atoms with Crippen molar-refractivity contribution < 1.29 is 13.5 Å². The highest BCUT2D eigenvalue weighted by Crippen LogP contribution is 2.25. The molecule has 84 valence electrons. The third-order valence-electron chi connectivity index (χ3n) is 2.06. The van der Waals surface area contributed by atoms with Crippen molar-refractivity contribution in [2.75, 3.05) is 12.9 Å². The molecular formula is C10H13ClO3S. The van der Waals surface area contributed by atoms with Crippen molar-refractivity contribution in [1.29, 1.82) is 0 Å². The molecule has 0 bridgehead atoms. The predicted octanol–water partition coefficient (Wildman–Crippen LogP) is 1.67. The summed E-state index contributed by atoms with van der Waals surface area (Å²) in [6, 6.07) is 4.80. The van der Waals surface area contributed by atoms with Gasteiger partial charge in [0.25, 0.3) is 0 Å². The van der Waals surface area contributed by atoms with Crippen molar-refractivity contribution in [3.63, 3.8) is 0 Å². The molecule has 0 saturated carbocycles. The molecule has 1 rings (SSSR count). The highest BCUT2D eigenvalue weighted by molar-refractivity contribution is 7.90. The van der Waals surface area contributed by atoms with E-state index in [-0.39, 0.29) is 11.5 Å². The van der Waals surface area contributed by atoms with Gasteiger partial charge in [0, 0.05) is 17.9 Å². The van der Waals surface area contributed by atoms with Crippen LogP contribution in [0, 0.1) is 0 Å². The minimum atomic E-state index is -3.25. The number of halogens is 1. The first-order valence-corrected chi connectivity index (χ1v) is 6.82. The van der Waals surface area contributed by atoms with E-state index < -0.39 is 9.84 Å². The number of hydrogen-bond donors (Lipinski definition) is 1. The maximum Gasteiger partial charge on any atom is 0.175 e. The van der Waals surface area contributed by atoms with E-state index in [4.69, 9.17) is 16.7 Å². The molecule has 1 aromatic carbocycles. The predicted molar refractivity (Wildman–Crippen MR) is 60.0 cm³/mol. The molecule has 0 aliphatic heterocycles. The lowest BCUT2D eigenvalue weighted by molar-refractivity contribution is 0.288. The van der Waals surface area contributed by atoms with Gasteiger partial charge in [-0.15, -0.1) is 0 Å². The Morgan fingerprint density at radius 2 is 2.07 bits per heavy atom. The van der Waals surface area contributed by atoms with Gasteiger partial charge in [-0.2, -0.15) is 0 Å². The summed E-state index contributed by atoms with van der Waals surface area (Å²) in [5, 5.41) is 9.16. The lowest BCUT2D eigenvalue weighted by atomic mass is 10.1. The maximum absolute atomic E-state index is 11.4. The lowest BCUT2D eigenvalue weighted by Gasteiger charge is -2.08. The smallest absolute Gasteiger partial charge is 0.175 e. The average molecular weight is 249 g/mol. The Morgan fingerprint density at radius 1 is 1.40 bits per heavy atom. The van der Waals surface area contributed by atoms with Crippen LogP contribution in [0.25, 0.3) is 0 Å². The molecule has 5 heteroatoms. The van der Waals surface area contributed by atoms with Gasteiger partial charge in [-0.3, -0.25) is 0 Å². The second-order valence-corrected chi connectivity index (χ2v) is 5.71. The van der Waals surface area contributed by atoms with E-state index in [0.717, 1.165) is 6.26 Å². The molecule has 0 aliphatic rings. The minimum absolute atomic E-state index is 0.0222. The minimum Gasteiger partial charge on any atom is -0.396 e. The van der Waals surface area contributed by atoms with Crippen LogP contribution in [0.15, 0.2) is 23.1 Å². The van der Waals surface area contributed by atoms with Crippen molar-refractivity contribution in [3.8, 4) is 0 Å². The zero-order chi connectivity index (χ0) is 11.5. The van der Waals surface area contributed by atoms with Crippen LogP contribution in [-0.4, -0.2) is 26.4 Å². The number of aliphatic hydroxyl groups excluding tert-OH is 1. The fourth-order valence-corrected chi connectivity index (χ4v) is 2.70. The molecule has 0 spiro atoms. The normalized spacial score (nSPS) is 11.7. The van der Waals surface area contributed by atoms with Crippen LogP contribution in [0.2, 0.25) is 5.02 Å². The molecule has 3 nitrogen and oxygen atoms in total. The number of sulfone groups is 1. The molecule has 0 radical (unpaired) electrons. The second kappa shape index (κ2) is 4.96. The fourth-order valence-electron chi connectivity index (χ4n) is 1.38. The van der Waals surface area contributed by atoms with Crippen molar-refractivity contribution in [2.24, 2.45) is 0 Å². The molecule has 0 unspecified atom stereocenters. The van der Waals surface area contributed by atoms with Gasteiger partial charge < -0.3 is 5.11 Å². The molecule has 0 aliphatic carbocycles. The van der Waals surface area contributed by atoms with E-state index in [9.17, 15) is 8.42 Å². The first-order valence-electron chi connectivity index (χ1n) is 4.55. The summed E-state index contributed by atoms with van der Waals surface area (Å²) >= 11 is 5.93. The van der Waals surface area contributed by atoms with Crippen LogP contribution < -0.4 is 0 Å². The summed E-state index contributed by atoms with van der Waals surface area (Å²) in [7, 11) is -3.25. The Hall–Kier alpha value is -0.580. The largest absolute Gasteiger partial charge is 0.396 e. The SMILES string of the molecule is CS(=O)(=O)c1cccc(Cl)c1CCCO. The molecule has 0 atom stereocenters. The highest BCUT2D eigenvalue weighted by Gasteiger charge is 2.14. The summed E-state index contributed by atoms with van der Waals surface area (Å²) in [6.07, 6.45) is 2.13. The molecular weight excluding hydrogens is 236 g/mol. The highest BCUT2D eigenvalue weighted by atomic mass is 35.5. The van der Waals surface area contributed by atoms with Gasteiger partial charge in [0.15, 0.2) is 9.84 Å². The zero-order valence-electron chi connectivity index (χ0n) is 8.40. The molecule has 1 aromatic rings. The number of benzene rings is 1. The Balaban J connectivity index is 3.21.